The second-order valence-corrected chi connectivity index (χ2v) is 32.4. The van der Waals surface area contributed by atoms with Crippen molar-refractivity contribution >= 4 is 39.5 Å². The molecule has 0 amide bonds. The fourth-order valence-corrected chi connectivity index (χ4v) is 13.4. The predicted octanol–water partition coefficient (Wildman–Crippen LogP) is 22.8. The van der Waals surface area contributed by atoms with Crippen LogP contribution in [0.15, 0.2) is 0 Å². The van der Waals surface area contributed by atoms with Gasteiger partial charge in [-0.15, -0.1) is 0 Å². The molecule has 576 valence electrons. The average Bonchev–Trinajstić information content (AvgIpc) is 1.57. The van der Waals surface area contributed by atoms with E-state index in [1.807, 2.05) is 0 Å². The summed E-state index contributed by atoms with van der Waals surface area (Å²) in [7, 11) is -9.92. The number of esters is 4. The van der Waals surface area contributed by atoms with Crippen LogP contribution < -0.4 is 0 Å². The first-order chi connectivity index (χ1) is 46.7. The third kappa shape index (κ3) is 69.5. The number of carbonyl (C=O) groups excluding carboxylic acids is 4. The first-order valence-electron chi connectivity index (χ1n) is 40.3. The SMILES string of the molecule is CCC(C)CCCCCCCCCCCCCCCCC(=O)OC[C@H](COP(=O)(O)OCC(O)COP(=O)(O)OC[C@@H](COC(=O)CCCCCCCCCCC(C)C)OC(=O)CCCCCCCCCCC(C)CC)OC(=O)CCCCCCCCCCCCCCCC(C)C. The molecule has 17 nitrogen and oxygen atoms in total. The van der Waals surface area contributed by atoms with Gasteiger partial charge in [0.05, 0.1) is 26.4 Å². The van der Waals surface area contributed by atoms with Crippen LogP contribution in [0.1, 0.15) is 396 Å². The van der Waals surface area contributed by atoms with Crippen LogP contribution in [0.3, 0.4) is 0 Å². The number of unbranched alkanes of at least 4 members (excludes halogenated alkanes) is 39. The van der Waals surface area contributed by atoms with E-state index in [0.29, 0.717) is 25.7 Å². The molecule has 0 aliphatic carbocycles. The third-order valence-corrected chi connectivity index (χ3v) is 20.7. The maximum atomic E-state index is 13.1. The van der Waals surface area contributed by atoms with Crippen molar-refractivity contribution in [1.29, 1.82) is 0 Å². The summed E-state index contributed by atoms with van der Waals surface area (Å²) in [6.07, 6.45) is 52.6. The number of aliphatic hydroxyl groups excluding tert-OH is 1. The number of phosphoric ester groups is 2. The minimum atomic E-state index is -4.96. The number of rotatable bonds is 75. The van der Waals surface area contributed by atoms with Crippen molar-refractivity contribution in [2.45, 2.75) is 414 Å². The summed E-state index contributed by atoms with van der Waals surface area (Å²) in [6, 6.07) is 0. The number of hydrogen-bond acceptors (Lipinski definition) is 15. The van der Waals surface area contributed by atoms with Gasteiger partial charge in [-0.05, 0) is 49.4 Å². The number of hydrogen-bond donors (Lipinski definition) is 3. The average molecular weight is 1420 g/mol. The van der Waals surface area contributed by atoms with Gasteiger partial charge in [0.15, 0.2) is 12.2 Å². The number of phosphoric acid groups is 2. The highest BCUT2D eigenvalue weighted by Crippen LogP contribution is 2.45. The smallest absolute Gasteiger partial charge is 0.462 e. The van der Waals surface area contributed by atoms with E-state index >= 15 is 0 Å². The molecule has 0 spiro atoms. The molecule has 97 heavy (non-hydrogen) atoms. The van der Waals surface area contributed by atoms with Crippen LogP contribution in [0.4, 0.5) is 0 Å². The first-order valence-corrected chi connectivity index (χ1v) is 43.3. The van der Waals surface area contributed by atoms with Crippen molar-refractivity contribution in [3.05, 3.63) is 0 Å². The quantitative estimate of drug-likeness (QED) is 0.0222. The van der Waals surface area contributed by atoms with E-state index in [1.54, 1.807) is 0 Å². The van der Waals surface area contributed by atoms with Gasteiger partial charge < -0.3 is 33.8 Å². The molecule has 19 heteroatoms. The molecule has 5 unspecified atom stereocenters. The molecular weight excluding hydrogens is 1270 g/mol. The largest absolute Gasteiger partial charge is 0.472 e. The van der Waals surface area contributed by atoms with Crippen LogP contribution >= 0.6 is 15.6 Å². The minimum Gasteiger partial charge on any atom is -0.462 e. The summed E-state index contributed by atoms with van der Waals surface area (Å²) >= 11 is 0. The number of ether oxygens (including phenoxy) is 4. The molecule has 0 aromatic carbocycles. The molecule has 0 radical (unpaired) electrons. The summed E-state index contributed by atoms with van der Waals surface area (Å²) in [6.45, 7) is 14.3. The van der Waals surface area contributed by atoms with Gasteiger partial charge in [-0.1, -0.05) is 344 Å². The standard InChI is InChI=1S/C78H152O17P2/c1-9-70(7)56-48-40-32-23-19-15-11-12-16-20-24-34-42-50-58-75(80)88-64-73(94-77(82)60-52-44-36-25-21-17-13-14-18-22-30-38-46-54-68(3)4)66-92-96(84,85)90-62-72(79)63-91-97(86,87)93-67-74(65-89-76(81)59-51-43-35-28-26-31-39-47-55-69(5)6)95-78(83)61-53-45-37-29-27-33-41-49-57-71(8)10-2/h68-74,79H,9-67H2,1-8H3,(H,84,85)(H,86,87)/t70?,71?,72?,73-,74-/m1/s1. The number of aliphatic hydroxyl groups is 1. The maximum absolute atomic E-state index is 13.1. The lowest BCUT2D eigenvalue weighted by Gasteiger charge is -2.21. The Morgan fingerprint density at radius 1 is 0.289 bits per heavy atom. The predicted molar refractivity (Wildman–Crippen MR) is 395 cm³/mol. The molecule has 3 N–H and O–H groups in total. The molecule has 0 aliphatic heterocycles. The van der Waals surface area contributed by atoms with Crippen LogP contribution in [0, 0.1) is 23.7 Å². The summed E-state index contributed by atoms with van der Waals surface area (Å²) in [5, 5.41) is 10.6. The van der Waals surface area contributed by atoms with Crippen molar-refractivity contribution in [1.82, 2.24) is 0 Å². The Morgan fingerprint density at radius 2 is 0.495 bits per heavy atom. The minimum absolute atomic E-state index is 0.104. The molecule has 0 aromatic heterocycles. The molecule has 0 bridgehead atoms. The Morgan fingerprint density at radius 3 is 0.732 bits per heavy atom. The lowest BCUT2D eigenvalue weighted by Crippen LogP contribution is -2.30. The zero-order chi connectivity index (χ0) is 71.7. The molecule has 0 fully saturated rings. The molecule has 0 saturated heterocycles. The number of carbonyl (C=O) groups is 4. The van der Waals surface area contributed by atoms with Crippen molar-refractivity contribution in [2.24, 2.45) is 23.7 Å². The molecule has 0 saturated carbocycles. The highest BCUT2D eigenvalue weighted by Gasteiger charge is 2.30. The molecule has 7 atom stereocenters. The Hall–Kier alpha value is -1.94. The van der Waals surface area contributed by atoms with Crippen molar-refractivity contribution in [3.8, 4) is 0 Å². The Balaban J connectivity index is 5.26. The molecule has 0 aromatic rings. The summed E-state index contributed by atoms with van der Waals surface area (Å²) in [5.41, 5.74) is 0. The van der Waals surface area contributed by atoms with Gasteiger partial charge in [-0.2, -0.15) is 0 Å². The molecule has 0 heterocycles. The van der Waals surface area contributed by atoms with E-state index in [0.717, 1.165) is 114 Å². The monoisotopic (exact) mass is 1420 g/mol. The van der Waals surface area contributed by atoms with E-state index in [9.17, 15) is 43.2 Å². The van der Waals surface area contributed by atoms with E-state index < -0.39 is 97.5 Å². The van der Waals surface area contributed by atoms with Gasteiger partial charge in [-0.25, -0.2) is 9.13 Å². The fourth-order valence-electron chi connectivity index (χ4n) is 11.8. The normalized spacial score (nSPS) is 14.6. The molecule has 0 rings (SSSR count). The summed E-state index contributed by atoms with van der Waals surface area (Å²) in [4.78, 5) is 72.9. The van der Waals surface area contributed by atoms with Crippen molar-refractivity contribution in [2.75, 3.05) is 39.6 Å². The Bertz CT molecular complexity index is 1910. The van der Waals surface area contributed by atoms with Gasteiger partial charge in [0.2, 0.25) is 0 Å². The third-order valence-electron chi connectivity index (χ3n) is 18.8. The van der Waals surface area contributed by atoms with Gasteiger partial charge in [-0.3, -0.25) is 37.3 Å². The lowest BCUT2D eigenvalue weighted by molar-refractivity contribution is -0.161. The van der Waals surface area contributed by atoms with Gasteiger partial charge in [0, 0.05) is 25.7 Å². The van der Waals surface area contributed by atoms with Crippen LogP contribution in [-0.2, 0) is 65.4 Å². The second-order valence-electron chi connectivity index (χ2n) is 29.5. The maximum Gasteiger partial charge on any atom is 0.472 e. The molecular formula is C78H152O17P2. The highest BCUT2D eigenvalue weighted by atomic mass is 31.2. The highest BCUT2D eigenvalue weighted by molar-refractivity contribution is 7.47. The van der Waals surface area contributed by atoms with Crippen LogP contribution in [0.2, 0.25) is 0 Å². The van der Waals surface area contributed by atoms with E-state index in [2.05, 4.69) is 55.4 Å². The molecule has 0 aliphatic rings. The Kier molecular flexibility index (Phi) is 65.9. The van der Waals surface area contributed by atoms with E-state index in [-0.39, 0.29) is 25.7 Å². The van der Waals surface area contributed by atoms with Crippen LogP contribution in [0.5, 0.6) is 0 Å². The van der Waals surface area contributed by atoms with Gasteiger partial charge in [0.1, 0.15) is 19.3 Å². The first kappa shape index (κ1) is 95.1. The van der Waals surface area contributed by atoms with Gasteiger partial charge >= 0.3 is 39.5 Å². The zero-order valence-electron chi connectivity index (χ0n) is 63.7. The lowest BCUT2D eigenvalue weighted by atomic mass is 9.99. The van der Waals surface area contributed by atoms with Crippen molar-refractivity contribution in [3.63, 3.8) is 0 Å². The fraction of sp³-hybridized carbons (Fsp3) is 0.949. The summed E-state index contributed by atoms with van der Waals surface area (Å²) in [5.74, 6) is 1.01. The van der Waals surface area contributed by atoms with E-state index in [4.69, 9.17) is 37.0 Å². The zero-order valence-corrected chi connectivity index (χ0v) is 65.5. The Labute approximate surface area is 594 Å². The van der Waals surface area contributed by atoms with E-state index in [1.165, 1.54) is 199 Å². The van der Waals surface area contributed by atoms with Crippen LogP contribution in [0.25, 0.3) is 0 Å². The summed E-state index contributed by atoms with van der Waals surface area (Å²) < 4.78 is 68.6. The topological polar surface area (TPSA) is 237 Å². The van der Waals surface area contributed by atoms with Crippen LogP contribution in [-0.4, -0.2) is 96.7 Å². The van der Waals surface area contributed by atoms with Gasteiger partial charge in [0.25, 0.3) is 0 Å². The second kappa shape index (κ2) is 67.2. The van der Waals surface area contributed by atoms with Crippen molar-refractivity contribution < 1.29 is 80.2 Å².